The molecule has 0 aliphatic heterocycles. The van der Waals surface area contributed by atoms with Gasteiger partial charge in [-0.05, 0) is 68.2 Å². The summed E-state index contributed by atoms with van der Waals surface area (Å²) in [5.74, 6) is -0.110. The van der Waals surface area contributed by atoms with Crippen LogP contribution in [0.15, 0.2) is 71.3 Å². The molecule has 0 unspecified atom stereocenters. The molecular formula is C25H25FO3. The van der Waals surface area contributed by atoms with Gasteiger partial charge in [-0.25, -0.2) is 4.39 Å². The minimum Gasteiger partial charge on any atom is -0.486 e. The predicted octanol–water partition coefficient (Wildman–Crippen LogP) is 6.16. The minimum absolute atomic E-state index is 0.0499. The van der Waals surface area contributed by atoms with Crippen molar-refractivity contribution in [3.8, 4) is 5.75 Å². The fraction of sp³-hybridized carbons (Fsp3) is 0.280. The number of Topliss-reactive ketones (excluding diaryl/α,β-unsaturated/α-hetero) is 2. The van der Waals surface area contributed by atoms with E-state index >= 15 is 0 Å². The van der Waals surface area contributed by atoms with Crippen LogP contribution in [0.2, 0.25) is 0 Å². The van der Waals surface area contributed by atoms with E-state index in [1.807, 2.05) is 57.2 Å². The quantitative estimate of drug-likeness (QED) is 0.530. The predicted molar refractivity (Wildman–Crippen MR) is 112 cm³/mol. The first-order valence-electron chi connectivity index (χ1n) is 9.79. The first-order chi connectivity index (χ1) is 13.8. The van der Waals surface area contributed by atoms with Crippen LogP contribution in [0.1, 0.15) is 62.1 Å². The summed E-state index contributed by atoms with van der Waals surface area (Å²) in [5.41, 5.74) is 3.30. The summed E-state index contributed by atoms with van der Waals surface area (Å²) in [6.45, 7) is 5.63. The number of carbonyl (C=O) groups excluding carboxylic acids is 2. The molecule has 29 heavy (non-hydrogen) atoms. The number of hydrogen-bond donors (Lipinski definition) is 0. The lowest BCUT2D eigenvalue weighted by Gasteiger charge is -2.16. The van der Waals surface area contributed by atoms with Gasteiger partial charge in [-0.2, -0.15) is 0 Å². The molecule has 0 fully saturated rings. The monoisotopic (exact) mass is 392 g/mol. The van der Waals surface area contributed by atoms with Crippen LogP contribution in [0.5, 0.6) is 5.75 Å². The molecule has 1 aliphatic carbocycles. The van der Waals surface area contributed by atoms with Gasteiger partial charge in [0, 0.05) is 12.8 Å². The molecule has 4 heteroatoms. The Morgan fingerprint density at radius 1 is 1.14 bits per heavy atom. The summed E-state index contributed by atoms with van der Waals surface area (Å²) in [4.78, 5) is 24.7. The van der Waals surface area contributed by atoms with Crippen LogP contribution in [-0.2, 0) is 4.79 Å². The number of ketones is 2. The molecule has 0 heterocycles. The molecule has 1 atom stereocenters. The van der Waals surface area contributed by atoms with E-state index in [0.717, 1.165) is 11.1 Å². The maximum absolute atomic E-state index is 14.6. The van der Waals surface area contributed by atoms with E-state index in [-0.39, 0.29) is 29.7 Å². The average molecular weight is 392 g/mol. The lowest BCUT2D eigenvalue weighted by Crippen LogP contribution is -2.12. The lowest BCUT2D eigenvalue weighted by atomic mass is 9.88. The maximum atomic E-state index is 14.6. The largest absolute Gasteiger partial charge is 0.486 e. The third-order valence-corrected chi connectivity index (χ3v) is 5.14. The van der Waals surface area contributed by atoms with E-state index in [4.69, 9.17) is 4.74 Å². The maximum Gasteiger partial charge on any atom is 0.166 e. The van der Waals surface area contributed by atoms with Gasteiger partial charge in [0.2, 0.25) is 0 Å². The molecule has 0 saturated carbocycles. The zero-order valence-electron chi connectivity index (χ0n) is 17.0. The van der Waals surface area contributed by atoms with Crippen molar-refractivity contribution < 1.29 is 18.7 Å². The molecule has 1 aliphatic rings. The molecule has 3 rings (SSSR count). The highest BCUT2D eigenvalue weighted by Crippen LogP contribution is 2.26. The molecule has 2 aromatic carbocycles. The number of benzene rings is 2. The van der Waals surface area contributed by atoms with E-state index in [0.29, 0.717) is 29.7 Å². The Labute approximate surface area is 170 Å². The number of halogens is 1. The zero-order chi connectivity index (χ0) is 21.0. The fourth-order valence-corrected chi connectivity index (χ4v) is 3.58. The van der Waals surface area contributed by atoms with Crippen molar-refractivity contribution >= 4 is 11.6 Å². The van der Waals surface area contributed by atoms with Crippen LogP contribution in [0.25, 0.3) is 0 Å². The Kier molecular flexibility index (Phi) is 6.42. The Morgan fingerprint density at radius 3 is 2.52 bits per heavy atom. The Hall–Kier alpha value is -3.01. The molecule has 0 aromatic heterocycles. The van der Waals surface area contributed by atoms with Gasteiger partial charge in [0.25, 0.3) is 0 Å². The van der Waals surface area contributed by atoms with Crippen LogP contribution < -0.4 is 4.74 Å². The lowest BCUT2D eigenvalue weighted by molar-refractivity contribution is -0.115. The Bertz CT molecular complexity index is 986. The van der Waals surface area contributed by atoms with E-state index < -0.39 is 5.82 Å². The number of ether oxygens (including phenoxy) is 1. The molecule has 0 saturated heterocycles. The highest BCUT2D eigenvalue weighted by molar-refractivity contribution is 6.01. The van der Waals surface area contributed by atoms with Crippen LogP contribution in [0, 0.1) is 5.82 Å². The van der Waals surface area contributed by atoms with Crippen molar-refractivity contribution in [1.82, 2.24) is 0 Å². The molecule has 0 bridgehead atoms. The second-order valence-corrected chi connectivity index (χ2v) is 7.49. The van der Waals surface area contributed by atoms with Gasteiger partial charge >= 0.3 is 0 Å². The van der Waals surface area contributed by atoms with Gasteiger partial charge < -0.3 is 4.74 Å². The van der Waals surface area contributed by atoms with E-state index in [2.05, 4.69) is 0 Å². The highest BCUT2D eigenvalue weighted by atomic mass is 19.1. The standard InChI is InChI=1S/C25H25FO3/c1-16-13-17(2)21(25(28)14-16)11-12-24(27)22-10-9-19(15-23(22)26)18(3)29-20-7-5-4-6-8-20/h4-10,13,15,18H,11-12,14H2,1-3H3/t18-/m1/s1. The van der Waals surface area contributed by atoms with Gasteiger partial charge in [0.05, 0.1) is 5.56 Å². The molecule has 3 nitrogen and oxygen atoms in total. The highest BCUT2D eigenvalue weighted by Gasteiger charge is 2.20. The summed E-state index contributed by atoms with van der Waals surface area (Å²) in [5, 5.41) is 0. The third-order valence-electron chi connectivity index (χ3n) is 5.14. The van der Waals surface area contributed by atoms with Crippen molar-refractivity contribution in [1.29, 1.82) is 0 Å². The van der Waals surface area contributed by atoms with Gasteiger partial charge in [-0.3, -0.25) is 9.59 Å². The van der Waals surface area contributed by atoms with Crippen molar-refractivity contribution in [2.24, 2.45) is 0 Å². The van der Waals surface area contributed by atoms with Crippen LogP contribution in [-0.4, -0.2) is 11.6 Å². The topological polar surface area (TPSA) is 43.4 Å². The van der Waals surface area contributed by atoms with Gasteiger partial charge in [0.1, 0.15) is 17.7 Å². The van der Waals surface area contributed by atoms with Crippen LogP contribution >= 0.6 is 0 Å². The van der Waals surface area contributed by atoms with Crippen molar-refractivity contribution in [3.63, 3.8) is 0 Å². The SMILES string of the molecule is CC1=CC(C)=C(CCC(=O)c2ccc([C@@H](C)Oc3ccccc3)cc2F)C(=O)C1. The van der Waals surface area contributed by atoms with E-state index in [1.54, 1.807) is 6.07 Å². The number of rotatable bonds is 7. The molecule has 0 spiro atoms. The molecular weight excluding hydrogens is 367 g/mol. The summed E-state index contributed by atoms with van der Waals surface area (Å²) in [6.07, 6.45) is 2.46. The summed E-state index contributed by atoms with van der Waals surface area (Å²) in [6, 6.07) is 13.9. The molecule has 0 N–H and O–H groups in total. The Morgan fingerprint density at radius 2 is 1.86 bits per heavy atom. The summed E-state index contributed by atoms with van der Waals surface area (Å²) in [7, 11) is 0. The smallest absolute Gasteiger partial charge is 0.166 e. The minimum atomic E-state index is -0.563. The second-order valence-electron chi connectivity index (χ2n) is 7.49. The second kappa shape index (κ2) is 8.99. The molecule has 0 radical (unpaired) electrons. The summed E-state index contributed by atoms with van der Waals surface area (Å²) >= 11 is 0. The zero-order valence-corrected chi connectivity index (χ0v) is 17.0. The van der Waals surface area contributed by atoms with Gasteiger partial charge in [-0.15, -0.1) is 0 Å². The van der Waals surface area contributed by atoms with Crippen LogP contribution in [0.4, 0.5) is 4.39 Å². The molecule has 2 aromatic rings. The fourth-order valence-electron chi connectivity index (χ4n) is 3.58. The third kappa shape index (κ3) is 5.08. The van der Waals surface area contributed by atoms with Gasteiger partial charge in [0.15, 0.2) is 11.6 Å². The molecule has 150 valence electrons. The Balaban J connectivity index is 1.67. The molecule has 0 amide bonds. The first-order valence-corrected chi connectivity index (χ1v) is 9.79. The van der Waals surface area contributed by atoms with Crippen molar-refractivity contribution in [3.05, 3.63) is 88.3 Å². The van der Waals surface area contributed by atoms with E-state index in [9.17, 15) is 14.0 Å². The van der Waals surface area contributed by atoms with Gasteiger partial charge in [-0.1, -0.05) is 35.9 Å². The van der Waals surface area contributed by atoms with E-state index in [1.165, 1.54) is 12.1 Å². The number of carbonyl (C=O) groups is 2. The first kappa shape index (κ1) is 20.7. The van der Waals surface area contributed by atoms with Crippen molar-refractivity contribution in [2.45, 2.75) is 46.1 Å². The summed E-state index contributed by atoms with van der Waals surface area (Å²) < 4.78 is 20.4. The number of hydrogen-bond acceptors (Lipinski definition) is 3. The van der Waals surface area contributed by atoms with Crippen LogP contribution in [0.3, 0.4) is 0 Å². The number of allylic oxidation sites excluding steroid dienone is 4. The number of para-hydroxylation sites is 1. The normalized spacial score (nSPS) is 15.2. The van der Waals surface area contributed by atoms with Crippen molar-refractivity contribution in [2.75, 3.05) is 0 Å². The average Bonchev–Trinajstić information content (AvgIpc) is 2.67.